The Morgan fingerprint density at radius 2 is 1.88 bits per heavy atom. The lowest BCUT2D eigenvalue weighted by Gasteiger charge is -2.09. The van der Waals surface area contributed by atoms with E-state index >= 15 is 0 Å². The predicted molar refractivity (Wildman–Crippen MR) is 96.6 cm³/mol. The first-order chi connectivity index (χ1) is 12.1. The van der Waals surface area contributed by atoms with Crippen molar-refractivity contribution in [3.63, 3.8) is 0 Å². The van der Waals surface area contributed by atoms with Gasteiger partial charge in [0.25, 0.3) is 0 Å². The second-order valence-electron chi connectivity index (χ2n) is 5.79. The lowest BCUT2D eigenvalue weighted by atomic mass is 10.0. The Morgan fingerprint density at radius 3 is 2.64 bits per heavy atom. The Labute approximate surface area is 147 Å². The first kappa shape index (κ1) is 18.2. The Kier molecular flexibility index (Phi) is 6.73. The fourth-order valence-electron chi connectivity index (χ4n) is 2.46. The molecule has 0 saturated heterocycles. The van der Waals surface area contributed by atoms with Gasteiger partial charge in [-0.3, -0.25) is 9.59 Å². The zero-order valence-electron chi connectivity index (χ0n) is 14.2. The highest BCUT2D eigenvalue weighted by Gasteiger charge is 2.05. The van der Waals surface area contributed by atoms with Crippen LogP contribution in [-0.2, 0) is 22.6 Å². The molecule has 128 valence electrons. The van der Waals surface area contributed by atoms with Crippen molar-refractivity contribution in [1.29, 1.82) is 5.26 Å². The molecule has 0 aromatic heterocycles. The molecule has 2 aromatic carbocycles. The first-order valence-corrected chi connectivity index (χ1v) is 8.15. The largest absolute Gasteiger partial charge is 0.352 e. The van der Waals surface area contributed by atoms with Crippen molar-refractivity contribution in [2.75, 3.05) is 5.32 Å². The van der Waals surface area contributed by atoms with Gasteiger partial charge in [0.05, 0.1) is 6.07 Å². The summed E-state index contributed by atoms with van der Waals surface area (Å²) >= 11 is 0. The number of carbonyl (C=O) groups excluding carboxylic acids is 2. The van der Waals surface area contributed by atoms with Gasteiger partial charge in [0.2, 0.25) is 11.8 Å². The minimum atomic E-state index is -0.345. The van der Waals surface area contributed by atoms with Crippen molar-refractivity contribution < 1.29 is 9.59 Å². The van der Waals surface area contributed by atoms with E-state index < -0.39 is 0 Å². The Hall–Kier alpha value is -3.13. The molecular weight excluding hydrogens is 314 g/mol. The molecule has 0 radical (unpaired) electrons. The molecule has 0 aliphatic heterocycles. The highest BCUT2D eigenvalue weighted by molar-refractivity contribution is 5.92. The Balaban J connectivity index is 1.82. The van der Waals surface area contributed by atoms with Gasteiger partial charge in [0, 0.05) is 18.7 Å². The highest BCUT2D eigenvalue weighted by Crippen LogP contribution is 2.12. The average Bonchev–Trinajstić information content (AvgIpc) is 2.60. The summed E-state index contributed by atoms with van der Waals surface area (Å²) < 4.78 is 0. The number of hydrogen-bond acceptors (Lipinski definition) is 3. The highest BCUT2D eigenvalue weighted by atomic mass is 16.2. The predicted octanol–water partition coefficient (Wildman–Crippen LogP) is 3.10. The van der Waals surface area contributed by atoms with Crippen LogP contribution in [0.25, 0.3) is 0 Å². The van der Waals surface area contributed by atoms with E-state index in [9.17, 15) is 9.59 Å². The topological polar surface area (TPSA) is 82.0 Å². The van der Waals surface area contributed by atoms with E-state index in [0.717, 1.165) is 5.56 Å². The summed E-state index contributed by atoms with van der Waals surface area (Å²) in [4.78, 5) is 23.5. The third kappa shape index (κ3) is 6.11. The van der Waals surface area contributed by atoms with Gasteiger partial charge in [-0.25, -0.2) is 0 Å². The van der Waals surface area contributed by atoms with Crippen LogP contribution >= 0.6 is 0 Å². The quantitative estimate of drug-likeness (QED) is 0.816. The molecule has 0 unspecified atom stereocenters. The maximum absolute atomic E-state index is 12.0. The zero-order chi connectivity index (χ0) is 18.1. The van der Waals surface area contributed by atoms with Crippen LogP contribution in [0.2, 0.25) is 0 Å². The van der Waals surface area contributed by atoms with E-state index in [1.807, 2.05) is 37.3 Å². The van der Waals surface area contributed by atoms with Crippen molar-refractivity contribution in [1.82, 2.24) is 5.32 Å². The van der Waals surface area contributed by atoms with Crippen LogP contribution in [0.15, 0.2) is 48.5 Å². The molecule has 0 bridgehead atoms. The minimum Gasteiger partial charge on any atom is -0.352 e. The number of rotatable bonds is 7. The van der Waals surface area contributed by atoms with E-state index in [4.69, 9.17) is 5.26 Å². The maximum Gasteiger partial charge on any atom is 0.238 e. The summed E-state index contributed by atoms with van der Waals surface area (Å²) in [5.41, 5.74) is 3.88. The van der Waals surface area contributed by atoms with Gasteiger partial charge >= 0.3 is 0 Å². The van der Waals surface area contributed by atoms with Gasteiger partial charge in [-0.2, -0.15) is 5.26 Å². The lowest BCUT2D eigenvalue weighted by molar-refractivity contribution is -0.121. The van der Waals surface area contributed by atoms with Crippen molar-refractivity contribution in [3.8, 4) is 6.07 Å². The number of amides is 2. The molecule has 2 aromatic rings. The molecule has 2 rings (SSSR count). The number of hydrogen-bond donors (Lipinski definition) is 2. The molecule has 5 nitrogen and oxygen atoms in total. The third-order valence-corrected chi connectivity index (χ3v) is 3.82. The van der Waals surface area contributed by atoms with Crippen LogP contribution in [-0.4, -0.2) is 11.8 Å². The van der Waals surface area contributed by atoms with Crippen LogP contribution in [0.4, 0.5) is 5.69 Å². The van der Waals surface area contributed by atoms with Gasteiger partial charge in [0.1, 0.15) is 6.42 Å². The minimum absolute atomic E-state index is 0.0119. The van der Waals surface area contributed by atoms with E-state index in [2.05, 4.69) is 10.6 Å². The average molecular weight is 335 g/mol. The lowest BCUT2D eigenvalue weighted by Crippen LogP contribution is -2.23. The normalized spacial score (nSPS) is 9.92. The summed E-state index contributed by atoms with van der Waals surface area (Å²) in [6, 6.07) is 17.1. The number of anilines is 1. The summed E-state index contributed by atoms with van der Waals surface area (Å²) in [6.07, 6.45) is 0.964. The summed E-state index contributed by atoms with van der Waals surface area (Å²) in [7, 11) is 0. The molecule has 0 spiro atoms. The van der Waals surface area contributed by atoms with Crippen molar-refractivity contribution in [2.24, 2.45) is 0 Å². The first-order valence-electron chi connectivity index (χ1n) is 8.15. The van der Waals surface area contributed by atoms with Crippen LogP contribution in [0.1, 0.15) is 29.5 Å². The van der Waals surface area contributed by atoms with Gasteiger partial charge < -0.3 is 10.6 Å². The number of nitrogens with zero attached hydrogens (tertiary/aromatic N) is 1. The van der Waals surface area contributed by atoms with Crippen LogP contribution in [0, 0.1) is 18.3 Å². The van der Waals surface area contributed by atoms with Crippen molar-refractivity contribution in [2.45, 2.75) is 32.7 Å². The number of nitriles is 1. The fourth-order valence-corrected chi connectivity index (χ4v) is 2.46. The van der Waals surface area contributed by atoms with E-state index in [1.165, 1.54) is 11.1 Å². The summed E-state index contributed by atoms with van der Waals surface area (Å²) in [5.74, 6) is -0.357. The van der Waals surface area contributed by atoms with Gasteiger partial charge in [0.15, 0.2) is 0 Å². The molecule has 2 amide bonds. The van der Waals surface area contributed by atoms with Gasteiger partial charge in [-0.1, -0.05) is 36.4 Å². The molecule has 0 heterocycles. The molecular formula is C20H21N3O2. The van der Waals surface area contributed by atoms with Crippen molar-refractivity contribution >= 4 is 17.5 Å². The molecule has 0 fully saturated rings. The fraction of sp³-hybridized carbons (Fsp3) is 0.250. The number of carbonyl (C=O) groups is 2. The number of aryl methyl sites for hydroxylation is 2. The molecule has 0 atom stereocenters. The van der Waals surface area contributed by atoms with Gasteiger partial charge in [-0.05, 0) is 42.2 Å². The second-order valence-corrected chi connectivity index (χ2v) is 5.79. The standard InChI is InChI=1S/C20H21N3O2/c1-15-5-2-3-7-17(15)9-10-19(24)22-14-16-6-4-8-18(13-16)23-20(25)11-12-21/h2-8,13H,9-11,14H2,1H3,(H,22,24)(H,23,25). The van der Waals surface area contributed by atoms with Gasteiger partial charge in [-0.15, -0.1) is 0 Å². The molecule has 0 saturated carbocycles. The smallest absolute Gasteiger partial charge is 0.238 e. The van der Waals surface area contributed by atoms with E-state index in [1.54, 1.807) is 24.3 Å². The maximum atomic E-state index is 12.0. The molecule has 0 aliphatic rings. The van der Waals surface area contributed by atoms with Crippen LogP contribution in [0.3, 0.4) is 0 Å². The van der Waals surface area contributed by atoms with E-state index in [-0.39, 0.29) is 18.2 Å². The third-order valence-electron chi connectivity index (χ3n) is 3.82. The Morgan fingerprint density at radius 1 is 1.08 bits per heavy atom. The monoisotopic (exact) mass is 335 g/mol. The molecule has 25 heavy (non-hydrogen) atoms. The summed E-state index contributed by atoms with van der Waals surface area (Å²) in [6.45, 7) is 2.44. The number of nitrogens with one attached hydrogen (secondary N) is 2. The SMILES string of the molecule is Cc1ccccc1CCC(=O)NCc1cccc(NC(=O)CC#N)c1. The van der Waals surface area contributed by atoms with Crippen LogP contribution < -0.4 is 10.6 Å². The second kappa shape index (κ2) is 9.24. The zero-order valence-corrected chi connectivity index (χ0v) is 14.2. The molecule has 5 heteroatoms. The Bertz CT molecular complexity index is 794. The number of benzene rings is 2. The summed E-state index contributed by atoms with van der Waals surface area (Å²) in [5, 5.41) is 14.0. The van der Waals surface area contributed by atoms with Crippen molar-refractivity contribution in [3.05, 3.63) is 65.2 Å². The van der Waals surface area contributed by atoms with Crippen LogP contribution in [0.5, 0.6) is 0 Å². The van der Waals surface area contributed by atoms with E-state index in [0.29, 0.717) is 25.1 Å². The molecule has 2 N–H and O–H groups in total. The molecule has 0 aliphatic carbocycles.